The zero-order valence-electron chi connectivity index (χ0n) is 18.0. The van der Waals surface area contributed by atoms with Gasteiger partial charge in [-0.25, -0.2) is 9.97 Å². The predicted molar refractivity (Wildman–Crippen MR) is 118 cm³/mol. The first-order chi connectivity index (χ1) is 14.4. The van der Waals surface area contributed by atoms with Gasteiger partial charge in [0.25, 0.3) is 0 Å². The number of nitrogens with two attached hydrogens (primary N) is 1. The van der Waals surface area contributed by atoms with Crippen molar-refractivity contribution in [3.05, 3.63) is 41.6 Å². The summed E-state index contributed by atoms with van der Waals surface area (Å²) in [5.74, 6) is 4.20. The number of morpholine rings is 1. The fourth-order valence-electron chi connectivity index (χ4n) is 3.70. The molecule has 3 rings (SSSR count). The largest absolute Gasteiger partial charge is 0.491 e. The summed E-state index contributed by atoms with van der Waals surface area (Å²) in [7, 11) is 0. The molecule has 3 N–H and O–H groups in total. The molecule has 160 valence electrons. The van der Waals surface area contributed by atoms with E-state index in [2.05, 4.69) is 27.7 Å². The standard InChI is InChI=1S/C23H31N5O2/c1-5-7-18-13-28(12-16(6-2)30-18)22-11-21(26-14-27-22)23(25)19-10-17(29-15(3)4)8-9-20(19)24/h2,8,10-11,14-16,18,20,25H,5,7,9,12-13,24H2,1,3-4H3. The lowest BCUT2D eigenvalue weighted by Gasteiger charge is -2.37. The molecule has 7 nitrogen and oxygen atoms in total. The van der Waals surface area contributed by atoms with Gasteiger partial charge in [0.15, 0.2) is 0 Å². The van der Waals surface area contributed by atoms with Crippen LogP contribution in [0.5, 0.6) is 0 Å². The maximum atomic E-state index is 8.72. The molecular weight excluding hydrogens is 378 g/mol. The van der Waals surface area contributed by atoms with Gasteiger partial charge in [-0.15, -0.1) is 6.42 Å². The van der Waals surface area contributed by atoms with Gasteiger partial charge in [-0.3, -0.25) is 5.41 Å². The highest BCUT2D eigenvalue weighted by atomic mass is 16.5. The van der Waals surface area contributed by atoms with Crippen LogP contribution in [0.2, 0.25) is 0 Å². The van der Waals surface area contributed by atoms with Gasteiger partial charge in [-0.1, -0.05) is 19.3 Å². The van der Waals surface area contributed by atoms with Crippen molar-refractivity contribution in [2.45, 2.75) is 64.4 Å². The number of aromatic nitrogens is 2. The van der Waals surface area contributed by atoms with E-state index in [1.165, 1.54) is 6.33 Å². The molecule has 0 aromatic carbocycles. The Morgan fingerprint density at radius 3 is 2.93 bits per heavy atom. The van der Waals surface area contributed by atoms with Crippen molar-refractivity contribution in [3.8, 4) is 12.3 Å². The number of rotatable bonds is 7. The highest BCUT2D eigenvalue weighted by Crippen LogP contribution is 2.24. The molecule has 2 aliphatic rings. The number of terminal acetylenes is 1. The molecule has 1 aromatic heterocycles. The zero-order valence-corrected chi connectivity index (χ0v) is 18.0. The molecular formula is C23H31N5O2. The minimum atomic E-state index is -0.275. The lowest BCUT2D eigenvalue weighted by Crippen LogP contribution is -2.47. The van der Waals surface area contributed by atoms with Crippen molar-refractivity contribution in [1.29, 1.82) is 5.41 Å². The molecule has 0 radical (unpaired) electrons. The number of hydrogen-bond donors (Lipinski definition) is 2. The van der Waals surface area contributed by atoms with Crippen LogP contribution in [-0.4, -0.2) is 53.1 Å². The minimum Gasteiger partial charge on any atom is -0.491 e. The van der Waals surface area contributed by atoms with Crippen molar-refractivity contribution in [1.82, 2.24) is 9.97 Å². The molecule has 1 aliphatic heterocycles. The quantitative estimate of drug-likeness (QED) is 0.531. The second-order valence-corrected chi connectivity index (χ2v) is 7.96. The first kappa shape index (κ1) is 22.0. The third kappa shape index (κ3) is 5.26. The Morgan fingerprint density at radius 2 is 2.23 bits per heavy atom. The van der Waals surface area contributed by atoms with E-state index in [1.807, 2.05) is 32.1 Å². The number of hydrogen-bond acceptors (Lipinski definition) is 7. The maximum Gasteiger partial charge on any atom is 0.135 e. The van der Waals surface area contributed by atoms with E-state index in [-0.39, 0.29) is 30.1 Å². The Bertz CT molecular complexity index is 871. The van der Waals surface area contributed by atoms with Gasteiger partial charge in [0, 0.05) is 18.7 Å². The van der Waals surface area contributed by atoms with E-state index in [4.69, 9.17) is 27.0 Å². The third-order valence-corrected chi connectivity index (χ3v) is 5.13. The number of anilines is 1. The van der Waals surface area contributed by atoms with E-state index in [0.29, 0.717) is 30.8 Å². The average Bonchev–Trinajstić information content (AvgIpc) is 2.74. The van der Waals surface area contributed by atoms with Crippen LogP contribution in [0, 0.1) is 17.8 Å². The summed E-state index contributed by atoms with van der Waals surface area (Å²) in [4.78, 5) is 10.9. The fraction of sp³-hybridized carbons (Fsp3) is 0.522. The first-order valence-corrected chi connectivity index (χ1v) is 10.5. The maximum absolute atomic E-state index is 8.72. The molecule has 30 heavy (non-hydrogen) atoms. The smallest absolute Gasteiger partial charge is 0.135 e. The van der Waals surface area contributed by atoms with Gasteiger partial charge < -0.3 is 20.1 Å². The lowest BCUT2D eigenvalue weighted by atomic mass is 9.93. The minimum absolute atomic E-state index is 0.0596. The van der Waals surface area contributed by atoms with Gasteiger partial charge in [0.1, 0.15) is 24.0 Å². The zero-order chi connectivity index (χ0) is 21.7. The number of nitrogens with one attached hydrogen (secondary N) is 1. The first-order valence-electron chi connectivity index (χ1n) is 10.5. The summed E-state index contributed by atoms with van der Waals surface area (Å²) in [6, 6.07) is 1.57. The summed E-state index contributed by atoms with van der Waals surface area (Å²) in [5.41, 5.74) is 7.81. The van der Waals surface area contributed by atoms with Gasteiger partial charge in [0.05, 0.1) is 30.2 Å². The molecule has 0 saturated carbocycles. The Hall–Kier alpha value is -2.69. The van der Waals surface area contributed by atoms with Crippen LogP contribution in [-0.2, 0) is 9.47 Å². The number of nitrogens with zero attached hydrogens (tertiary/aromatic N) is 3. The Morgan fingerprint density at radius 1 is 1.43 bits per heavy atom. The van der Waals surface area contributed by atoms with Gasteiger partial charge in [-0.2, -0.15) is 0 Å². The molecule has 0 spiro atoms. The van der Waals surface area contributed by atoms with Crippen molar-refractivity contribution < 1.29 is 9.47 Å². The van der Waals surface area contributed by atoms with E-state index in [9.17, 15) is 0 Å². The van der Waals surface area contributed by atoms with Gasteiger partial charge in [0.2, 0.25) is 0 Å². The molecule has 2 heterocycles. The molecule has 3 atom stereocenters. The molecule has 1 fully saturated rings. The van der Waals surface area contributed by atoms with E-state index in [1.54, 1.807) is 0 Å². The Balaban J connectivity index is 1.82. The third-order valence-electron chi connectivity index (χ3n) is 5.13. The molecule has 1 aliphatic carbocycles. The normalized spacial score (nSPS) is 24.1. The van der Waals surface area contributed by atoms with Crippen molar-refractivity contribution in [2.75, 3.05) is 18.0 Å². The van der Waals surface area contributed by atoms with E-state index in [0.717, 1.165) is 24.4 Å². The second kappa shape index (κ2) is 9.88. The van der Waals surface area contributed by atoms with Crippen LogP contribution in [0.1, 0.15) is 45.7 Å². The topological polar surface area (TPSA) is 97.4 Å². The van der Waals surface area contributed by atoms with E-state index < -0.39 is 0 Å². The van der Waals surface area contributed by atoms with Crippen LogP contribution in [0.3, 0.4) is 0 Å². The van der Waals surface area contributed by atoms with Crippen LogP contribution in [0.25, 0.3) is 0 Å². The second-order valence-electron chi connectivity index (χ2n) is 7.96. The highest BCUT2D eigenvalue weighted by Gasteiger charge is 2.28. The van der Waals surface area contributed by atoms with Crippen LogP contribution in [0.4, 0.5) is 5.82 Å². The molecule has 7 heteroatoms. The van der Waals surface area contributed by atoms with Crippen molar-refractivity contribution >= 4 is 11.5 Å². The predicted octanol–water partition coefficient (Wildman–Crippen LogP) is 2.82. The Kier molecular flexibility index (Phi) is 7.24. The highest BCUT2D eigenvalue weighted by molar-refractivity contribution is 6.10. The molecule has 0 bridgehead atoms. The van der Waals surface area contributed by atoms with Crippen molar-refractivity contribution in [3.63, 3.8) is 0 Å². The molecule has 1 aromatic rings. The van der Waals surface area contributed by atoms with Crippen LogP contribution < -0.4 is 10.6 Å². The summed E-state index contributed by atoms with van der Waals surface area (Å²) >= 11 is 0. The molecule has 3 unspecified atom stereocenters. The Labute approximate surface area is 178 Å². The summed E-state index contributed by atoms with van der Waals surface area (Å²) in [6.07, 6.45) is 13.4. The fourth-order valence-corrected chi connectivity index (χ4v) is 3.70. The SMILES string of the molecule is C#CC1CN(c2cc(C(=N)C3=CC(OC(C)C)=CCC3N)ncn2)CC(CCC)O1. The van der Waals surface area contributed by atoms with E-state index >= 15 is 0 Å². The lowest BCUT2D eigenvalue weighted by molar-refractivity contribution is -0.000871. The molecule has 0 amide bonds. The summed E-state index contributed by atoms with van der Waals surface area (Å²) < 4.78 is 11.7. The number of allylic oxidation sites excluding steroid dienone is 1. The molecule has 1 saturated heterocycles. The number of ether oxygens (including phenoxy) is 2. The summed E-state index contributed by atoms with van der Waals surface area (Å²) in [5, 5.41) is 8.72. The van der Waals surface area contributed by atoms with Gasteiger partial charge in [-0.05, 0) is 44.4 Å². The van der Waals surface area contributed by atoms with Crippen LogP contribution in [0.15, 0.2) is 35.9 Å². The van der Waals surface area contributed by atoms with Crippen LogP contribution >= 0.6 is 0 Å². The average molecular weight is 410 g/mol. The van der Waals surface area contributed by atoms with Gasteiger partial charge >= 0.3 is 0 Å². The monoisotopic (exact) mass is 409 g/mol. The summed E-state index contributed by atoms with van der Waals surface area (Å²) in [6.45, 7) is 7.36. The van der Waals surface area contributed by atoms with Crippen molar-refractivity contribution in [2.24, 2.45) is 5.73 Å².